The number of carbonyl (C=O) groups is 1. The molecule has 1 atom stereocenters. The van der Waals surface area contributed by atoms with Gasteiger partial charge in [0.1, 0.15) is 5.52 Å². The van der Waals surface area contributed by atoms with Gasteiger partial charge in [-0.25, -0.2) is 9.97 Å². The van der Waals surface area contributed by atoms with Crippen molar-refractivity contribution in [1.82, 2.24) is 23.7 Å². The molecule has 0 N–H and O–H groups in total. The number of rotatable bonds is 4. The SMILES string of the molecule is Cc1ccc([S+](=O)([O-])N2CCN(C(=O)c3nc4cccnc4n(C4CC4)c3=O)CC2)cc1. The average Bonchev–Trinajstić information content (AvgIpc) is 3.64. The smallest absolute Gasteiger partial charge is 0.284 e. The zero-order chi connectivity index (χ0) is 22.5. The van der Waals surface area contributed by atoms with Crippen molar-refractivity contribution in [3.05, 3.63) is 64.2 Å². The number of carbonyl (C=O) groups excluding carboxylic acids is 1. The molecule has 32 heavy (non-hydrogen) atoms. The number of aromatic nitrogens is 3. The van der Waals surface area contributed by atoms with Crippen LogP contribution in [0.4, 0.5) is 0 Å². The molecule has 0 bridgehead atoms. The Morgan fingerprint density at radius 3 is 2.44 bits per heavy atom. The van der Waals surface area contributed by atoms with E-state index in [1.807, 2.05) is 6.92 Å². The predicted molar refractivity (Wildman–Crippen MR) is 118 cm³/mol. The van der Waals surface area contributed by atoms with Gasteiger partial charge in [0, 0.05) is 25.3 Å². The molecule has 3 aromatic rings. The maximum atomic E-state index is 13.2. The van der Waals surface area contributed by atoms with Crippen LogP contribution in [0.25, 0.3) is 11.2 Å². The molecule has 166 valence electrons. The third kappa shape index (κ3) is 3.64. The maximum absolute atomic E-state index is 13.2. The molecule has 2 aromatic heterocycles. The normalized spacial score (nSPS) is 19.1. The van der Waals surface area contributed by atoms with E-state index < -0.39 is 21.9 Å². The number of fused-ring (bicyclic) bond motifs is 1. The Morgan fingerprint density at radius 2 is 1.78 bits per heavy atom. The number of nitrogens with zero attached hydrogens (tertiary/aromatic N) is 5. The number of hydrogen-bond donors (Lipinski definition) is 0. The third-order valence-corrected chi connectivity index (χ3v) is 7.86. The minimum atomic E-state index is -3.63. The third-order valence-electron chi connectivity index (χ3n) is 5.95. The van der Waals surface area contributed by atoms with Crippen LogP contribution in [0, 0.1) is 6.92 Å². The van der Waals surface area contributed by atoms with Crippen molar-refractivity contribution in [2.45, 2.75) is 30.7 Å². The monoisotopic (exact) mass is 453 g/mol. The van der Waals surface area contributed by atoms with E-state index in [0.717, 1.165) is 18.4 Å². The van der Waals surface area contributed by atoms with Crippen LogP contribution in [-0.2, 0) is 14.6 Å². The Kier molecular flexibility index (Phi) is 5.15. The number of hydrogen-bond acceptors (Lipinski definition) is 6. The van der Waals surface area contributed by atoms with Crippen molar-refractivity contribution in [2.75, 3.05) is 26.2 Å². The molecule has 1 saturated carbocycles. The lowest BCUT2D eigenvalue weighted by atomic mass is 10.2. The number of amides is 1. The Hall–Kier alpha value is -2.95. The lowest BCUT2D eigenvalue weighted by molar-refractivity contribution is 0.0685. The second kappa shape index (κ2) is 7.88. The fourth-order valence-electron chi connectivity index (χ4n) is 3.99. The topological polar surface area (TPSA) is 111 Å². The van der Waals surface area contributed by atoms with Gasteiger partial charge in [-0.1, -0.05) is 21.9 Å². The highest BCUT2D eigenvalue weighted by Crippen LogP contribution is 2.35. The summed E-state index contributed by atoms with van der Waals surface area (Å²) in [4.78, 5) is 36.6. The first kappa shape index (κ1) is 20.9. The molecule has 9 nitrogen and oxygen atoms in total. The molecule has 2 fully saturated rings. The molecular weight excluding hydrogens is 430 g/mol. The highest BCUT2D eigenvalue weighted by molar-refractivity contribution is 7.95. The summed E-state index contributed by atoms with van der Waals surface area (Å²) in [5.41, 5.74) is 1.41. The Balaban J connectivity index is 1.38. The zero-order valence-electron chi connectivity index (χ0n) is 17.6. The highest BCUT2D eigenvalue weighted by Gasteiger charge is 2.36. The van der Waals surface area contributed by atoms with Crippen LogP contribution in [-0.4, -0.2) is 60.4 Å². The summed E-state index contributed by atoms with van der Waals surface area (Å²) in [6.07, 6.45) is 3.36. The van der Waals surface area contributed by atoms with E-state index in [2.05, 4.69) is 9.97 Å². The Morgan fingerprint density at radius 1 is 1.09 bits per heavy atom. The van der Waals surface area contributed by atoms with Crippen molar-refractivity contribution >= 4 is 27.5 Å². The first-order valence-corrected chi connectivity index (χ1v) is 12.0. The molecule has 0 spiro atoms. The number of aryl methyl sites for hydroxylation is 1. The number of sulfonamides is 1. The van der Waals surface area contributed by atoms with Crippen LogP contribution >= 0.6 is 0 Å². The fraction of sp³-hybridized carbons (Fsp3) is 0.364. The van der Waals surface area contributed by atoms with E-state index in [0.29, 0.717) is 11.2 Å². The fourth-order valence-corrected chi connectivity index (χ4v) is 5.41. The molecular formula is C22H23N5O4S. The zero-order valence-corrected chi connectivity index (χ0v) is 18.5. The molecule has 1 aromatic carbocycles. The predicted octanol–water partition coefficient (Wildman–Crippen LogP) is 1.80. The van der Waals surface area contributed by atoms with Gasteiger partial charge in [0.15, 0.2) is 26.6 Å². The van der Waals surface area contributed by atoms with Gasteiger partial charge in [0.05, 0.1) is 13.1 Å². The summed E-state index contributed by atoms with van der Waals surface area (Å²) in [7, 11) is -3.63. The van der Waals surface area contributed by atoms with Crippen LogP contribution in [0.2, 0.25) is 0 Å². The molecule has 1 unspecified atom stereocenters. The first-order chi connectivity index (χ1) is 15.4. The van der Waals surface area contributed by atoms with Gasteiger partial charge in [0.25, 0.3) is 11.5 Å². The van der Waals surface area contributed by atoms with Crippen molar-refractivity contribution in [2.24, 2.45) is 0 Å². The van der Waals surface area contributed by atoms with E-state index in [-0.39, 0.29) is 42.8 Å². The van der Waals surface area contributed by atoms with E-state index >= 15 is 0 Å². The molecule has 0 radical (unpaired) electrons. The van der Waals surface area contributed by atoms with E-state index in [4.69, 9.17) is 0 Å². The summed E-state index contributed by atoms with van der Waals surface area (Å²) in [5.74, 6) is -0.470. The largest absolute Gasteiger partial charge is 0.593 e. The van der Waals surface area contributed by atoms with Gasteiger partial charge in [-0.2, -0.15) is 0 Å². The molecule has 1 saturated heterocycles. The molecule has 5 rings (SSSR count). The van der Waals surface area contributed by atoms with Gasteiger partial charge in [-0.05, 0) is 44.0 Å². The summed E-state index contributed by atoms with van der Waals surface area (Å²) < 4.78 is 28.8. The molecule has 1 aliphatic carbocycles. The van der Waals surface area contributed by atoms with Gasteiger partial charge in [-0.3, -0.25) is 14.2 Å². The van der Waals surface area contributed by atoms with Crippen LogP contribution in [0.1, 0.15) is 34.9 Å². The number of piperazine rings is 1. The lowest BCUT2D eigenvalue weighted by Gasteiger charge is -2.35. The van der Waals surface area contributed by atoms with Crippen molar-refractivity contribution in [3.63, 3.8) is 0 Å². The van der Waals surface area contributed by atoms with Gasteiger partial charge in [0.2, 0.25) is 0 Å². The van der Waals surface area contributed by atoms with E-state index in [9.17, 15) is 18.4 Å². The summed E-state index contributed by atoms with van der Waals surface area (Å²) in [6, 6.07) is 10.2. The van der Waals surface area contributed by atoms with Gasteiger partial charge < -0.3 is 9.45 Å². The second-order valence-corrected chi connectivity index (χ2v) is 10.2. The van der Waals surface area contributed by atoms with Gasteiger partial charge >= 0.3 is 0 Å². The standard InChI is InChI=1S/C22H23N5O4S/c1-15-4-8-17(9-5-15)32(30,31)26-13-11-25(12-14-26)21(28)19-22(29)27(16-6-7-16)20-18(24-19)3-2-10-23-20/h2-5,8-10,16H,6-7,11-14H2,1H3. The minimum Gasteiger partial charge on any atom is -0.593 e. The van der Waals surface area contributed by atoms with Crippen LogP contribution < -0.4 is 5.56 Å². The van der Waals surface area contributed by atoms with Crippen molar-refractivity contribution in [1.29, 1.82) is 0 Å². The van der Waals surface area contributed by atoms with Crippen molar-refractivity contribution in [3.8, 4) is 0 Å². The molecule has 10 heteroatoms. The molecule has 1 aliphatic heterocycles. The highest BCUT2D eigenvalue weighted by atomic mass is 32.3. The Bertz CT molecular complexity index is 1290. The van der Waals surface area contributed by atoms with Crippen LogP contribution in [0.15, 0.2) is 52.3 Å². The maximum Gasteiger partial charge on any atom is 0.284 e. The van der Waals surface area contributed by atoms with Crippen LogP contribution in [0.5, 0.6) is 0 Å². The molecule has 2 aliphatic rings. The van der Waals surface area contributed by atoms with Crippen molar-refractivity contribution < 1.29 is 13.6 Å². The summed E-state index contributed by atoms with van der Waals surface area (Å²) in [5, 5.41) is 0. The minimum absolute atomic E-state index is 0.0472. The molecule has 1 amide bonds. The number of pyridine rings is 1. The summed E-state index contributed by atoms with van der Waals surface area (Å²) in [6.45, 7) is 2.61. The van der Waals surface area contributed by atoms with Crippen LogP contribution in [0.3, 0.4) is 0 Å². The Labute approximate surface area is 186 Å². The average molecular weight is 454 g/mol. The van der Waals surface area contributed by atoms with E-state index in [1.165, 1.54) is 9.21 Å². The lowest BCUT2D eigenvalue weighted by Crippen LogP contribution is -2.53. The quantitative estimate of drug-likeness (QED) is 0.557. The second-order valence-electron chi connectivity index (χ2n) is 8.22. The van der Waals surface area contributed by atoms with E-state index in [1.54, 1.807) is 47.2 Å². The number of benzene rings is 1. The van der Waals surface area contributed by atoms with Gasteiger partial charge in [-0.15, -0.1) is 4.31 Å². The summed E-state index contributed by atoms with van der Waals surface area (Å²) >= 11 is 0. The first-order valence-electron chi connectivity index (χ1n) is 10.6. The molecule has 3 heterocycles.